The highest BCUT2D eigenvalue weighted by atomic mass is 16.6. The monoisotopic (exact) mass is 362 g/mol. The van der Waals surface area contributed by atoms with Crippen LogP contribution in [0.3, 0.4) is 0 Å². The van der Waals surface area contributed by atoms with Gasteiger partial charge in [0.2, 0.25) is 5.75 Å². The van der Waals surface area contributed by atoms with E-state index in [4.69, 9.17) is 18.6 Å². The number of esters is 3. The highest BCUT2D eigenvalue weighted by molar-refractivity contribution is 5.92. The summed E-state index contributed by atoms with van der Waals surface area (Å²) in [6, 6.07) is 2.97. The third-order valence-corrected chi connectivity index (χ3v) is 3.50. The Morgan fingerprint density at radius 2 is 1.73 bits per heavy atom. The van der Waals surface area contributed by atoms with E-state index in [1.807, 2.05) is 0 Å². The average molecular weight is 362 g/mol. The highest BCUT2D eigenvalue weighted by Crippen LogP contribution is 2.37. The molecule has 1 aromatic carbocycles. The van der Waals surface area contributed by atoms with E-state index in [9.17, 15) is 19.2 Å². The van der Waals surface area contributed by atoms with Crippen molar-refractivity contribution >= 4 is 28.9 Å². The Kier molecular flexibility index (Phi) is 5.76. The SMILES string of the molecule is CCOC(=O)Cc1c(C)c2ccc(OC(C)=O)c(OC(C)=O)c2oc1=O. The fraction of sp³-hybridized carbons (Fsp3) is 0.333. The van der Waals surface area contributed by atoms with Crippen LogP contribution in [0, 0.1) is 6.92 Å². The topological polar surface area (TPSA) is 109 Å². The van der Waals surface area contributed by atoms with Gasteiger partial charge in [-0.1, -0.05) is 0 Å². The molecule has 0 saturated carbocycles. The molecule has 0 N–H and O–H groups in total. The Balaban J connectivity index is 2.68. The lowest BCUT2D eigenvalue weighted by atomic mass is 10.0. The molecule has 2 aromatic rings. The number of hydrogen-bond acceptors (Lipinski definition) is 8. The Hall–Kier alpha value is -3.16. The number of benzene rings is 1. The van der Waals surface area contributed by atoms with Crippen molar-refractivity contribution in [1.82, 2.24) is 0 Å². The molecule has 8 heteroatoms. The minimum atomic E-state index is -0.767. The molecule has 0 atom stereocenters. The quantitative estimate of drug-likeness (QED) is 0.452. The van der Waals surface area contributed by atoms with Crippen molar-refractivity contribution in [2.45, 2.75) is 34.1 Å². The molecule has 0 unspecified atom stereocenters. The smallest absolute Gasteiger partial charge is 0.340 e. The third-order valence-electron chi connectivity index (χ3n) is 3.50. The molecule has 26 heavy (non-hydrogen) atoms. The molecule has 138 valence electrons. The zero-order chi connectivity index (χ0) is 19.4. The number of rotatable bonds is 5. The van der Waals surface area contributed by atoms with E-state index in [0.717, 1.165) is 6.92 Å². The largest absolute Gasteiger partial charge is 0.466 e. The van der Waals surface area contributed by atoms with Crippen LogP contribution in [0.15, 0.2) is 21.3 Å². The summed E-state index contributed by atoms with van der Waals surface area (Å²) in [5, 5.41) is 0.441. The number of fused-ring (bicyclic) bond motifs is 1. The van der Waals surface area contributed by atoms with Gasteiger partial charge in [0.1, 0.15) is 0 Å². The average Bonchev–Trinajstić information content (AvgIpc) is 2.53. The number of carbonyl (C=O) groups excluding carboxylic acids is 3. The van der Waals surface area contributed by atoms with Crippen LogP contribution in [-0.4, -0.2) is 24.5 Å². The first-order chi connectivity index (χ1) is 12.2. The second-order valence-electron chi connectivity index (χ2n) is 5.43. The van der Waals surface area contributed by atoms with Crippen molar-refractivity contribution in [2.24, 2.45) is 0 Å². The van der Waals surface area contributed by atoms with E-state index < -0.39 is 23.5 Å². The van der Waals surface area contributed by atoms with Gasteiger partial charge in [0, 0.05) is 19.2 Å². The molecule has 1 aromatic heterocycles. The molecule has 0 saturated heterocycles. The molecule has 0 aliphatic carbocycles. The minimum Gasteiger partial charge on any atom is -0.466 e. The maximum Gasteiger partial charge on any atom is 0.340 e. The number of carbonyl (C=O) groups is 3. The second-order valence-corrected chi connectivity index (χ2v) is 5.43. The van der Waals surface area contributed by atoms with Crippen LogP contribution in [0.4, 0.5) is 0 Å². The van der Waals surface area contributed by atoms with Crippen LogP contribution in [-0.2, 0) is 25.5 Å². The zero-order valence-corrected chi connectivity index (χ0v) is 14.8. The molecule has 0 fully saturated rings. The predicted molar refractivity (Wildman–Crippen MR) is 90.2 cm³/mol. The highest BCUT2D eigenvalue weighted by Gasteiger charge is 2.22. The molecular weight excluding hydrogens is 344 g/mol. The van der Waals surface area contributed by atoms with Gasteiger partial charge in [0.15, 0.2) is 11.3 Å². The lowest BCUT2D eigenvalue weighted by Gasteiger charge is -2.13. The Morgan fingerprint density at radius 1 is 1.08 bits per heavy atom. The maximum absolute atomic E-state index is 12.3. The van der Waals surface area contributed by atoms with Crippen molar-refractivity contribution in [3.8, 4) is 11.5 Å². The summed E-state index contributed by atoms with van der Waals surface area (Å²) in [7, 11) is 0. The van der Waals surface area contributed by atoms with Gasteiger partial charge in [-0.15, -0.1) is 0 Å². The van der Waals surface area contributed by atoms with E-state index in [1.165, 1.54) is 13.0 Å². The van der Waals surface area contributed by atoms with Crippen LogP contribution >= 0.6 is 0 Å². The van der Waals surface area contributed by atoms with Crippen molar-refractivity contribution in [3.63, 3.8) is 0 Å². The van der Waals surface area contributed by atoms with Crippen LogP contribution < -0.4 is 15.1 Å². The van der Waals surface area contributed by atoms with Crippen LogP contribution in [0.2, 0.25) is 0 Å². The second kappa shape index (κ2) is 7.81. The molecular formula is C18H18O8. The molecule has 0 aliphatic heterocycles. The van der Waals surface area contributed by atoms with Gasteiger partial charge in [0.25, 0.3) is 0 Å². The summed E-state index contributed by atoms with van der Waals surface area (Å²) in [4.78, 5) is 46.7. The van der Waals surface area contributed by atoms with E-state index in [0.29, 0.717) is 10.9 Å². The first-order valence-corrected chi connectivity index (χ1v) is 7.86. The fourth-order valence-corrected chi connectivity index (χ4v) is 2.45. The molecule has 2 rings (SSSR count). The van der Waals surface area contributed by atoms with Crippen LogP contribution in [0.25, 0.3) is 11.0 Å². The van der Waals surface area contributed by atoms with Gasteiger partial charge < -0.3 is 18.6 Å². The molecule has 1 heterocycles. The molecule has 0 aliphatic rings. The van der Waals surface area contributed by atoms with Crippen LogP contribution in [0.1, 0.15) is 31.9 Å². The number of ether oxygens (including phenoxy) is 3. The van der Waals surface area contributed by atoms with Crippen LogP contribution in [0.5, 0.6) is 11.5 Å². The zero-order valence-electron chi connectivity index (χ0n) is 14.8. The lowest BCUT2D eigenvalue weighted by molar-refractivity contribution is -0.142. The summed E-state index contributed by atoms with van der Waals surface area (Å²) in [5.74, 6) is -2.09. The van der Waals surface area contributed by atoms with E-state index in [2.05, 4.69) is 0 Å². The summed E-state index contributed by atoms with van der Waals surface area (Å²) in [6.45, 7) is 5.84. The summed E-state index contributed by atoms with van der Waals surface area (Å²) in [6.07, 6.45) is -0.244. The summed E-state index contributed by atoms with van der Waals surface area (Å²) in [5.41, 5.74) is -0.192. The van der Waals surface area contributed by atoms with Gasteiger partial charge in [-0.25, -0.2) is 4.79 Å². The Bertz CT molecular complexity index is 938. The Labute approximate surface area is 148 Å². The maximum atomic E-state index is 12.3. The summed E-state index contributed by atoms with van der Waals surface area (Å²) < 4.78 is 20.2. The van der Waals surface area contributed by atoms with Gasteiger partial charge in [-0.2, -0.15) is 0 Å². The summed E-state index contributed by atoms with van der Waals surface area (Å²) >= 11 is 0. The molecule has 0 radical (unpaired) electrons. The minimum absolute atomic E-state index is 0.0472. The van der Waals surface area contributed by atoms with E-state index in [-0.39, 0.29) is 35.7 Å². The van der Waals surface area contributed by atoms with Gasteiger partial charge in [-0.3, -0.25) is 14.4 Å². The Morgan fingerprint density at radius 3 is 2.31 bits per heavy atom. The number of aryl methyl sites for hydroxylation is 1. The van der Waals surface area contributed by atoms with Crippen molar-refractivity contribution < 1.29 is 33.0 Å². The lowest BCUT2D eigenvalue weighted by Crippen LogP contribution is -2.17. The van der Waals surface area contributed by atoms with Crippen molar-refractivity contribution in [1.29, 1.82) is 0 Å². The normalized spacial score (nSPS) is 10.5. The number of hydrogen-bond donors (Lipinski definition) is 0. The molecule has 8 nitrogen and oxygen atoms in total. The van der Waals surface area contributed by atoms with Gasteiger partial charge >= 0.3 is 23.5 Å². The van der Waals surface area contributed by atoms with Gasteiger partial charge in [0.05, 0.1) is 18.6 Å². The predicted octanol–water partition coefficient (Wildman–Crippen LogP) is 2.06. The van der Waals surface area contributed by atoms with Crippen molar-refractivity contribution in [3.05, 3.63) is 33.7 Å². The fourth-order valence-electron chi connectivity index (χ4n) is 2.45. The first-order valence-electron chi connectivity index (χ1n) is 7.86. The van der Waals surface area contributed by atoms with Gasteiger partial charge in [-0.05, 0) is 31.5 Å². The third kappa shape index (κ3) is 4.08. The van der Waals surface area contributed by atoms with E-state index in [1.54, 1.807) is 19.9 Å². The van der Waals surface area contributed by atoms with E-state index >= 15 is 0 Å². The first kappa shape index (κ1) is 19.2. The standard InChI is InChI=1S/C18H18O8/c1-5-23-15(21)8-13-9(2)12-6-7-14(24-10(3)19)17(25-11(4)20)16(12)26-18(13)22/h6-7H,5,8H2,1-4H3. The van der Waals surface area contributed by atoms with Crippen molar-refractivity contribution in [2.75, 3.05) is 6.61 Å². The molecule has 0 spiro atoms. The molecule has 0 amide bonds. The molecule has 0 bridgehead atoms.